The smallest absolute Gasteiger partial charge is 0.125 e. The zero-order valence-electron chi connectivity index (χ0n) is 10.9. The summed E-state index contributed by atoms with van der Waals surface area (Å²) < 4.78 is 0. The molecule has 2 unspecified atom stereocenters. The summed E-state index contributed by atoms with van der Waals surface area (Å²) in [5.74, 6) is 1.77. The summed E-state index contributed by atoms with van der Waals surface area (Å²) in [5, 5.41) is 3.64. The van der Waals surface area contributed by atoms with Gasteiger partial charge in [0.25, 0.3) is 0 Å². The van der Waals surface area contributed by atoms with E-state index >= 15 is 0 Å². The van der Waals surface area contributed by atoms with E-state index < -0.39 is 0 Å². The van der Waals surface area contributed by atoms with E-state index in [0.717, 1.165) is 24.0 Å². The Morgan fingerprint density at radius 1 is 1.29 bits per heavy atom. The first-order chi connectivity index (χ1) is 8.24. The van der Waals surface area contributed by atoms with Crippen LogP contribution in [0.15, 0.2) is 12.3 Å². The van der Waals surface area contributed by atoms with E-state index in [-0.39, 0.29) is 0 Å². The zero-order chi connectivity index (χ0) is 12.1. The van der Waals surface area contributed by atoms with Crippen LogP contribution in [0.4, 0.5) is 0 Å². The Morgan fingerprint density at radius 3 is 3.00 bits per heavy atom. The Bertz CT molecular complexity index is 351. The molecule has 0 amide bonds. The lowest BCUT2D eigenvalue weighted by Gasteiger charge is -2.16. The predicted molar refractivity (Wildman–Crippen MR) is 69.6 cm³/mol. The van der Waals surface area contributed by atoms with Crippen molar-refractivity contribution in [3.05, 3.63) is 23.8 Å². The summed E-state index contributed by atoms with van der Waals surface area (Å²) in [7, 11) is 0. The molecule has 0 radical (unpaired) electrons. The Hall–Kier alpha value is -0.960. The lowest BCUT2D eigenvalue weighted by molar-refractivity contribution is 0.444. The lowest BCUT2D eigenvalue weighted by Crippen LogP contribution is -2.28. The first kappa shape index (κ1) is 12.5. The third-order valence-corrected chi connectivity index (χ3v) is 3.66. The Balaban J connectivity index is 1.81. The van der Waals surface area contributed by atoms with E-state index in [1.165, 1.54) is 32.1 Å². The second-order valence-electron chi connectivity index (χ2n) is 5.29. The van der Waals surface area contributed by atoms with Crippen LogP contribution in [-0.2, 0) is 6.54 Å². The number of hydrogen-bond donors (Lipinski definition) is 1. The van der Waals surface area contributed by atoms with Crippen LogP contribution >= 0.6 is 0 Å². The predicted octanol–water partition coefficient (Wildman–Crippen LogP) is 2.84. The first-order valence-electron chi connectivity index (χ1n) is 6.76. The molecule has 2 rings (SSSR count). The van der Waals surface area contributed by atoms with Crippen molar-refractivity contribution in [1.29, 1.82) is 0 Å². The Kier molecular flexibility index (Phi) is 4.49. The quantitative estimate of drug-likeness (QED) is 0.816. The molecule has 0 spiro atoms. The Morgan fingerprint density at radius 2 is 2.18 bits per heavy atom. The van der Waals surface area contributed by atoms with Gasteiger partial charge in [0.2, 0.25) is 0 Å². The van der Waals surface area contributed by atoms with Gasteiger partial charge in [-0.2, -0.15) is 0 Å². The van der Waals surface area contributed by atoms with Crippen molar-refractivity contribution >= 4 is 0 Å². The highest BCUT2D eigenvalue weighted by molar-refractivity contribution is 5.01. The van der Waals surface area contributed by atoms with Gasteiger partial charge in [0, 0.05) is 18.8 Å². The highest BCUT2D eigenvalue weighted by atomic mass is 14.9. The van der Waals surface area contributed by atoms with E-state index in [9.17, 15) is 0 Å². The molecular formula is C14H23N3. The van der Waals surface area contributed by atoms with Crippen LogP contribution in [0, 0.1) is 12.8 Å². The molecule has 1 N–H and O–H groups in total. The summed E-state index contributed by atoms with van der Waals surface area (Å²) in [6, 6.07) is 2.68. The summed E-state index contributed by atoms with van der Waals surface area (Å²) in [4.78, 5) is 8.54. The zero-order valence-corrected chi connectivity index (χ0v) is 10.9. The molecule has 0 aromatic carbocycles. The minimum atomic E-state index is 0.676. The van der Waals surface area contributed by atoms with Crippen molar-refractivity contribution in [1.82, 2.24) is 15.3 Å². The number of aryl methyl sites for hydroxylation is 1. The van der Waals surface area contributed by atoms with E-state index in [4.69, 9.17) is 0 Å². The highest BCUT2D eigenvalue weighted by Gasteiger charge is 2.15. The maximum absolute atomic E-state index is 4.42. The molecule has 17 heavy (non-hydrogen) atoms. The van der Waals surface area contributed by atoms with Crippen molar-refractivity contribution < 1.29 is 0 Å². The minimum Gasteiger partial charge on any atom is -0.308 e. The van der Waals surface area contributed by atoms with Gasteiger partial charge in [-0.25, -0.2) is 9.97 Å². The molecule has 1 fully saturated rings. The van der Waals surface area contributed by atoms with Gasteiger partial charge in [-0.1, -0.05) is 19.8 Å². The van der Waals surface area contributed by atoms with Crippen LogP contribution in [0.25, 0.3) is 0 Å². The molecule has 94 valence electrons. The average molecular weight is 233 g/mol. The number of nitrogens with zero attached hydrogens (tertiary/aromatic N) is 2. The van der Waals surface area contributed by atoms with Crippen molar-refractivity contribution in [2.24, 2.45) is 5.92 Å². The number of rotatable bonds is 3. The molecule has 1 aliphatic rings. The van der Waals surface area contributed by atoms with Crippen LogP contribution in [0.1, 0.15) is 50.5 Å². The molecule has 1 saturated carbocycles. The third-order valence-electron chi connectivity index (χ3n) is 3.66. The second kappa shape index (κ2) is 6.10. The SMILES string of the molecule is Cc1nccc(CNC2CCCC(C)CC2)n1. The normalized spacial score (nSPS) is 25.5. The third kappa shape index (κ3) is 4.08. The van der Waals surface area contributed by atoms with Crippen molar-refractivity contribution in [2.75, 3.05) is 0 Å². The number of nitrogens with one attached hydrogen (secondary N) is 1. The van der Waals surface area contributed by atoms with Gasteiger partial charge in [-0.3, -0.25) is 0 Å². The average Bonchev–Trinajstić information content (AvgIpc) is 2.52. The summed E-state index contributed by atoms with van der Waals surface area (Å²) >= 11 is 0. The molecule has 3 nitrogen and oxygen atoms in total. The maximum Gasteiger partial charge on any atom is 0.125 e. The second-order valence-corrected chi connectivity index (χ2v) is 5.29. The van der Waals surface area contributed by atoms with E-state index in [1.54, 1.807) is 0 Å². The minimum absolute atomic E-state index is 0.676. The van der Waals surface area contributed by atoms with Gasteiger partial charge >= 0.3 is 0 Å². The first-order valence-corrected chi connectivity index (χ1v) is 6.76. The largest absolute Gasteiger partial charge is 0.308 e. The monoisotopic (exact) mass is 233 g/mol. The molecule has 2 atom stereocenters. The van der Waals surface area contributed by atoms with Crippen molar-refractivity contribution in [3.8, 4) is 0 Å². The summed E-state index contributed by atoms with van der Waals surface area (Å²) in [6.07, 6.45) is 8.58. The molecule has 1 aromatic heterocycles. The van der Waals surface area contributed by atoms with Crippen LogP contribution in [0.2, 0.25) is 0 Å². The van der Waals surface area contributed by atoms with E-state index in [0.29, 0.717) is 6.04 Å². The fourth-order valence-corrected chi connectivity index (χ4v) is 2.54. The fraction of sp³-hybridized carbons (Fsp3) is 0.714. The van der Waals surface area contributed by atoms with E-state index in [1.807, 2.05) is 19.2 Å². The van der Waals surface area contributed by atoms with Crippen molar-refractivity contribution in [2.45, 2.75) is 58.5 Å². The summed E-state index contributed by atoms with van der Waals surface area (Å²) in [5.41, 5.74) is 1.11. The molecular weight excluding hydrogens is 210 g/mol. The molecule has 0 bridgehead atoms. The molecule has 3 heteroatoms. The van der Waals surface area contributed by atoms with Gasteiger partial charge in [-0.15, -0.1) is 0 Å². The molecule has 1 aromatic rings. The van der Waals surface area contributed by atoms with Gasteiger partial charge in [0.1, 0.15) is 5.82 Å². The van der Waals surface area contributed by atoms with Gasteiger partial charge < -0.3 is 5.32 Å². The van der Waals surface area contributed by atoms with Crippen LogP contribution in [-0.4, -0.2) is 16.0 Å². The van der Waals surface area contributed by atoms with Crippen LogP contribution in [0.3, 0.4) is 0 Å². The number of aromatic nitrogens is 2. The topological polar surface area (TPSA) is 37.8 Å². The maximum atomic E-state index is 4.42. The van der Waals surface area contributed by atoms with Crippen molar-refractivity contribution in [3.63, 3.8) is 0 Å². The molecule has 0 aliphatic heterocycles. The molecule has 1 heterocycles. The molecule has 0 saturated heterocycles. The standard InChI is InChI=1S/C14H23N3/c1-11-4-3-5-13(7-6-11)16-10-14-8-9-15-12(2)17-14/h8-9,11,13,16H,3-7,10H2,1-2H3. The lowest BCUT2D eigenvalue weighted by atomic mass is 10.0. The van der Waals surface area contributed by atoms with Gasteiger partial charge in [-0.05, 0) is 38.2 Å². The summed E-state index contributed by atoms with van der Waals surface area (Å²) in [6.45, 7) is 5.19. The van der Waals surface area contributed by atoms with Gasteiger partial charge in [0.15, 0.2) is 0 Å². The Labute approximate surface area is 104 Å². The van der Waals surface area contributed by atoms with Crippen LogP contribution < -0.4 is 5.32 Å². The fourth-order valence-electron chi connectivity index (χ4n) is 2.54. The van der Waals surface area contributed by atoms with Gasteiger partial charge in [0.05, 0.1) is 5.69 Å². The molecule has 1 aliphatic carbocycles. The highest BCUT2D eigenvalue weighted by Crippen LogP contribution is 2.22. The van der Waals surface area contributed by atoms with Crippen LogP contribution in [0.5, 0.6) is 0 Å². The number of hydrogen-bond acceptors (Lipinski definition) is 3. The van der Waals surface area contributed by atoms with E-state index in [2.05, 4.69) is 22.2 Å².